The number of nitrogens with zero attached hydrogens (tertiary/aromatic N) is 6. The number of fused-ring (bicyclic) bond motifs is 1. The lowest BCUT2D eigenvalue weighted by Gasteiger charge is -2.28. The Labute approximate surface area is 160 Å². The molecule has 0 aliphatic carbocycles. The molecule has 1 aromatic heterocycles. The Morgan fingerprint density at radius 2 is 1.82 bits per heavy atom. The number of hydrogen-bond acceptors (Lipinski definition) is 7. The van der Waals surface area contributed by atoms with Gasteiger partial charge in [0.1, 0.15) is 0 Å². The maximum Gasteiger partial charge on any atom is 0.269 e. The highest BCUT2D eigenvalue weighted by atomic mass is 16.6. The molecule has 0 amide bonds. The van der Waals surface area contributed by atoms with Crippen molar-refractivity contribution in [2.75, 3.05) is 0 Å². The molecule has 9 nitrogen and oxygen atoms in total. The molecule has 0 N–H and O–H groups in total. The highest BCUT2D eigenvalue weighted by molar-refractivity contribution is 5.97. The van der Waals surface area contributed by atoms with E-state index >= 15 is 0 Å². The molecule has 3 aromatic rings. The molecule has 0 bridgehead atoms. The molecule has 2 aromatic carbocycles. The normalized spacial score (nSPS) is 16.1. The van der Waals surface area contributed by atoms with Gasteiger partial charge in [0, 0.05) is 23.3 Å². The van der Waals surface area contributed by atoms with Gasteiger partial charge in [-0.3, -0.25) is 10.1 Å². The van der Waals surface area contributed by atoms with Gasteiger partial charge in [-0.2, -0.15) is 0 Å². The Kier molecular flexibility index (Phi) is 4.14. The van der Waals surface area contributed by atoms with Crippen LogP contribution in [0.4, 0.5) is 11.4 Å². The summed E-state index contributed by atoms with van der Waals surface area (Å²) in [6.07, 6.45) is -0.548. The molecule has 0 spiro atoms. The van der Waals surface area contributed by atoms with Crippen molar-refractivity contribution in [3.8, 4) is 0 Å². The largest absolute Gasteiger partial charge is 0.461 e. The van der Waals surface area contributed by atoms with Crippen LogP contribution in [0.3, 0.4) is 0 Å². The van der Waals surface area contributed by atoms with Crippen LogP contribution in [-0.4, -0.2) is 31.0 Å². The fourth-order valence-corrected chi connectivity index (χ4v) is 3.01. The predicted molar refractivity (Wildman–Crippen MR) is 101 cm³/mol. The van der Waals surface area contributed by atoms with Gasteiger partial charge in [-0.15, -0.1) is 5.10 Å². The average molecular weight is 378 g/mol. The number of hydrogen-bond donors (Lipinski definition) is 0. The van der Waals surface area contributed by atoms with Crippen molar-refractivity contribution >= 4 is 17.3 Å². The second kappa shape index (κ2) is 6.52. The second-order valence-corrected chi connectivity index (χ2v) is 7.40. The van der Waals surface area contributed by atoms with Gasteiger partial charge in [0.05, 0.1) is 16.1 Å². The van der Waals surface area contributed by atoms with Crippen molar-refractivity contribution in [2.24, 2.45) is 4.99 Å². The van der Waals surface area contributed by atoms with Crippen LogP contribution in [0, 0.1) is 10.1 Å². The molecule has 0 saturated carbocycles. The van der Waals surface area contributed by atoms with Gasteiger partial charge in [0.25, 0.3) is 5.69 Å². The van der Waals surface area contributed by atoms with Crippen molar-refractivity contribution in [3.63, 3.8) is 0 Å². The summed E-state index contributed by atoms with van der Waals surface area (Å²) in [6.45, 7) is 6.02. The predicted octanol–water partition coefficient (Wildman–Crippen LogP) is 3.53. The number of nitro benzene ring substituents is 1. The molecular formula is C19H18N6O3. The lowest BCUT2D eigenvalue weighted by Crippen LogP contribution is -2.29. The summed E-state index contributed by atoms with van der Waals surface area (Å²) in [4.78, 5) is 15.1. The Morgan fingerprint density at radius 1 is 1.11 bits per heavy atom. The zero-order chi connectivity index (χ0) is 19.9. The Bertz CT molecular complexity index is 1070. The summed E-state index contributed by atoms with van der Waals surface area (Å²) in [6, 6.07) is 13.7. The lowest BCUT2D eigenvalue weighted by molar-refractivity contribution is -0.384. The molecule has 1 atom stereocenters. The van der Waals surface area contributed by atoms with Gasteiger partial charge < -0.3 is 4.74 Å². The molecule has 4 rings (SSSR count). The van der Waals surface area contributed by atoms with E-state index in [-0.39, 0.29) is 11.2 Å². The van der Waals surface area contributed by atoms with Crippen molar-refractivity contribution in [2.45, 2.75) is 32.4 Å². The van der Waals surface area contributed by atoms with Crippen LogP contribution in [0.25, 0.3) is 0 Å². The van der Waals surface area contributed by atoms with E-state index in [1.165, 1.54) is 12.1 Å². The van der Waals surface area contributed by atoms with E-state index in [1.54, 1.807) is 16.8 Å². The molecule has 1 aliphatic rings. The molecule has 1 aliphatic heterocycles. The van der Waals surface area contributed by atoms with Gasteiger partial charge in [-0.05, 0) is 49.4 Å². The minimum absolute atomic E-state index is 0.00813. The summed E-state index contributed by atoms with van der Waals surface area (Å²) in [5.74, 6) is 0.927. The standard InChI is InChI=1S/C19H18N6O3/c1-19(2,3)24-17(21-22-23-24)16-14-6-4-5-7-15(14)20-18(28-16)12-8-10-13(11-9-12)25(26)27/h4-11,16H,1-3H3. The first-order valence-electron chi connectivity index (χ1n) is 8.72. The molecule has 28 heavy (non-hydrogen) atoms. The van der Waals surface area contributed by atoms with Crippen molar-refractivity contribution in [1.82, 2.24) is 20.2 Å². The van der Waals surface area contributed by atoms with Crippen LogP contribution < -0.4 is 0 Å². The first kappa shape index (κ1) is 17.8. The van der Waals surface area contributed by atoms with Gasteiger partial charge in [0.15, 0.2) is 11.9 Å². The highest BCUT2D eigenvalue weighted by Crippen LogP contribution is 2.38. The van der Waals surface area contributed by atoms with Gasteiger partial charge in [0.2, 0.25) is 5.90 Å². The van der Waals surface area contributed by atoms with Gasteiger partial charge in [-0.25, -0.2) is 9.67 Å². The van der Waals surface area contributed by atoms with E-state index in [1.807, 2.05) is 45.0 Å². The number of para-hydroxylation sites is 1. The van der Waals surface area contributed by atoms with Gasteiger partial charge >= 0.3 is 0 Å². The average Bonchev–Trinajstić information content (AvgIpc) is 3.17. The maximum absolute atomic E-state index is 10.9. The van der Waals surface area contributed by atoms with E-state index in [4.69, 9.17) is 4.74 Å². The van der Waals surface area contributed by atoms with Crippen LogP contribution in [0.2, 0.25) is 0 Å². The number of non-ortho nitro benzene ring substituents is 1. The summed E-state index contributed by atoms with van der Waals surface area (Å²) < 4.78 is 7.93. The molecule has 0 radical (unpaired) electrons. The third kappa shape index (κ3) is 3.11. The summed E-state index contributed by atoms with van der Waals surface area (Å²) in [5, 5.41) is 23.1. The van der Waals surface area contributed by atoms with E-state index in [2.05, 4.69) is 20.5 Å². The third-order valence-electron chi connectivity index (χ3n) is 4.36. The number of rotatable bonds is 3. The van der Waals surface area contributed by atoms with Crippen molar-refractivity contribution in [3.05, 3.63) is 75.6 Å². The van der Waals surface area contributed by atoms with Crippen LogP contribution in [0.5, 0.6) is 0 Å². The minimum Gasteiger partial charge on any atom is -0.461 e. The van der Waals surface area contributed by atoms with Crippen LogP contribution in [0.1, 0.15) is 43.8 Å². The molecule has 0 fully saturated rings. The second-order valence-electron chi connectivity index (χ2n) is 7.40. The monoisotopic (exact) mass is 378 g/mol. The Balaban J connectivity index is 1.80. The SMILES string of the molecule is CC(C)(C)n1nnnc1C1OC(c2ccc([N+](=O)[O-])cc2)=Nc2ccccc21. The van der Waals surface area contributed by atoms with E-state index in [0.717, 1.165) is 11.3 Å². The summed E-state index contributed by atoms with van der Waals surface area (Å²) >= 11 is 0. The van der Waals surface area contributed by atoms with E-state index < -0.39 is 11.0 Å². The highest BCUT2D eigenvalue weighted by Gasteiger charge is 2.33. The first-order valence-corrected chi connectivity index (χ1v) is 8.72. The molecular weight excluding hydrogens is 360 g/mol. The van der Waals surface area contributed by atoms with Crippen LogP contribution in [0.15, 0.2) is 53.5 Å². The number of tetrazole rings is 1. The number of ether oxygens (including phenoxy) is 1. The van der Waals surface area contributed by atoms with Crippen molar-refractivity contribution < 1.29 is 9.66 Å². The molecule has 9 heteroatoms. The smallest absolute Gasteiger partial charge is 0.269 e. The Morgan fingerprint density at radius 3 is 2.50 bits per heavy atom. The first-order chi connectivity index (χ1) is 13.3. The van der Waals surface area contributed by atoms with Crippen LogP contribution in [-0.2, 0) is 10.3 Å². The zero-order valence-electron chi connectivity index (χ0n) is 15.6. The Hall–Kier alpha value is -3.62. The molecule has 1 unspecified atom stereocenters. The maximum atomic E-state index is 10.9. The van der Waals surface area contributed by atoms with Crippen LogP contribution >= 0.6 is 0 Å². The minimum atomic E-state index is -0.548. The van der Waals surface area contributed by atoms with Gasteiger partial charge in [-0.1, -0.05) is 18.2 Å². The van der Waals surface area contributed by atoms with E-state index in [9.17, 15) is 10.1 Å². The topological polar surface area (TPSA) is 108 Å². The fourth-order valence-electron chi connectivity index (χ4n) is 3.01. The van der Waals surface area contributed by atoms with E-state index in [0.29, 0.717) is 17.3 Å². The molecule has 142 valence electrons. The molecule has 2 heterocycles. The lowest BCUT2D eigenvalue weighted by atomic mass is 10.0. The quantitative estimate of drug-likeness (QED) is 0.509. The number of aromatic nitrogens is 4. The number of aliphatic imine (C=N–C) groups is 1. The third-order valence-corrected chi connectivity index (χ3v) is 4.36. The van der Waals surface area contributed by atoms with Crippen molar-refractivity contribution in [1.29, 1.82) is 0 Å². The fraction of sp³-hybridized carbons (Fsp3) is 0.263. The summed E-state index contributed by atoms with van der Waals surface area (Å²) in [7, 11) is 0. The summed E-state index contributed by atoms with van der Waals surface area (Å²) in [5.41, 5.74) is 1.91. The molecule has 0 saturated heterocycles. The number of nitro groups is 1. The zero-order valence-corrected chi connectivity index (χ0v) is 15.6. The number of benzene rings is 2.